The van der Waals surface area contributed by atoms with Crippen molar-refractivity contribution >= 4 is 10.0 Å². The molecule has 0 fully saturated rings. The van der Waals surface area contributed by atoms with Crippen LogP contribution in [0, 0.1) is 6.92 Å². The average Bonchev–Trinajstić information content (AvgIpc) is 2.30. The van der Waals surface area contributed by atoms with E-state index in [1.165, 1.54) is 12.3 Å². The number of rotatable bonds is 5. The Morgan fingerprint density at radius 1 is 1.22 bits per heavy atom. The molecule has 3 nitrogen and oxygen atoms in total. The highest BCUT2D eigenvalue weighted by atomic mass is 32.2. The van der Waals surface area contributed by atoms with Gasteiger partial charge < -0.3 is 0 Å². The number of nitrogens with zero attached hydrogens (tertiary/aromatic N) is 1. The molecule has 0 bridgehead atoms. The molecule has 0 saturated heterocycles. The summed E-state index contributed by atoms with van der Waals surface area (Å²) in [6, 6.07) is 6.70. The van der Waals surface area contributed by atoms with Gasteiger partial charge in [0.1, 0.15) is 0 Å². The van der Waals surface area contributed by atoms with Gasteiger partial charge in [0.2, 0.25) is 0 Å². The normalized spacial score (nSPS) is 12.0. The number of hydrogen-bond acceptors (Lipinski definition) is 2. The third-order valence-electron chi connectivity index (χ3n) is 2.45. The van der Waals surface area contributed by atoms with Crippen LogP contribution in [0.5, 0.6) is 0 Å². The minimum Gasteiger partial charge on any atom is -0.247 e. The Morgan fingerprint density at radius 3 is 2.22 bits per heavy atom. The molecule has 4 heteroatoms. The number of benzene rings is 1. The molecule has 0 aliphatic carbocycles. The summed E-state index contributed by atoms with van der Waals surface area (Å²) in [6.45, 7) is 10.7. The molecule has 0 atom stereocenters. The second-order valence-electron chi connectivity index (χ2n) is 3.84. The number of aryl methyl sites for hydroxylation is 1. The van der Waals surface area contributed by atoms with Crippen LogP contribution in [0.3, 0.4) is 0 Å². The predicted molar refractivity (Wildman–Crippen MR) is 74.4 cm³/mol. The highest BCUT2D eigenvalue weighted by Gasteiger charge is 2.21. The molecule has 1 aromatic carbocycles. The molecule has 0 N–H and O–H groups in total. The van der Waals surface area contributed by atoms with E-state index < -0.39 is 10.0 Å². The third-order valence-corrected chi connectivity index (χ3v) is 4.27. The quantitative estimate of drug-likeness (QED) is 0.765. The SMILES string of the molecule is C=C/C=C(\C)N(C=C)S(=O)(=O)c1ccc(C)cc1. The van der Waals surface area contributed by atoms with Crippen LogP contribution in [-0.2, 0) is 10.0 Å². The molecule has 0 unspecified atom stereocenters. The first-order valence-corrected chi connectivity index (χ1v) is 6.90. The summed E-state index contributed by atoms with van der Waals surface area (Å²) in [6.07, 6.45) is 4.44. The van der Waals surface area contributed by atoms with Crippen molar-refractivity contribution in [3.63, 3.8) is 0 Å². The average molecular weight is 263 g/mol. The van der Waals surface area contributed by atoms with E-state index in [-0.39, 0.29) is 4.90 Å². The van der Waals surface area contributed by atoms with Gasteiger partial charge >= 0.3 is 0 Å². The van der Waals surface area contributed by atoms with Crippen molar-refractivity contribution in [2.75, 3.05) is 0 Å². The van der Waals surface area contributed by atoms with Gasteiger partial charge in [-0.2, -0.15) is 0 Å². The topological polar surface area (TPSA) is 37.4 Å². The van der Waals surface area contributed by atoms with Gasteiger partial charge in [-0.25, -0.2) is 12.7 Å². The van der Waals surface area contributed by atoms with Gasteiger partial charge in [0.25, 0.3) is 10.0 Å². The molecule has 0 spiro atoms. The Kier molecular flexibility index (Phi) is 4.50. The van der Waals surface area contributed by atoms with Crippen LogP contribution in [0.25, 0.3) is 0 Å². The molecule has 96 valence electrons. The first-order chi connectivity index (χ1) is 8.43. The Labute approximate surface area is 109 Å². The van der Waals surface area contributed by atoms with E-state index in [1.807, 2.05) is 6.92 Å². The Balaban J connectivity index is 3.27. The summed E-state index contributed by atoms with van der Waals surface area (Å²) < 4.78 is 25.9. The van der Waals surface area contributed by atoms with Gasteiger partial charge in [0.05, 0.1) is 4.90 Å². The van der Waals surface area contributed by atoms with Crippen LogP contribution in [0.4, 0.5) is 0 Å². The number of allylic oxidation sites excluding steroid dienone is 3. The van der Waals surface area contributed by atoms with Crippen LogP contribution in [0.2, 0.25) is 0 Å². The van der Waals surface area contributed by atoms with E-state index in [9.17, 15) is 8.42 Å². The molecule has 0 aliphatic rings. The van der Waals surface area contributed by atoms with Crippen LogP contribution >= 0.6 is 0 Å². The summed E-state index contributed by atoms with van der Waals surface area (Å²) in [5.74, 6) is 0. The molecule has 0 saturated carbocycles. The Hall–Kier alpha value is -1.81. The number of hydrogen-bond donors (Lipinski definition) is 0. The first kappa shape index (κ1) is 14.3. The zero-order valence-corrected chi connectivity index (χ0v) is 11.4. The molecule has 1 aromatic rings. The molecular formula is C14H17NO2S. The number of sulfonamides is 1. The maximum atomic E-state index is 12.4. The largest absolute Gasteiger partial charge is 0.267 e. The zero-order valence-electron chi connectivity index (χ0n) is 10.6. The van der Waals surface area contributed by atoms with Crippen molar-refractivity contribution in [1.82, 2.24) is 4.31 Å². The summed E-state index contributed by atoms with van der Waals surface area (Å²) in [5.41, 5.74) is 1.55. The lowest BCUT2D eigenvalue weighted by atomic mass is 10.2. The lowest BCUT2D eigenvalue weighted by molar-refractivity contribution is 0.542. The predicted octanol–water partition coefficient (Wildman–Crippen LogP) is 3.22. The molecule has 0 aliphatic heterocycles. The van der Waals surface area contributed by atoms with Gasteiger partial charge in [0, 0.05) is 11.9 Å². The molecule has 0 heterocycles. The van der Waals surface area contributed by atoms with Crippen molar-refractivity contribution in [1.29, 1.82) is 0 Å². The van der Waals surface area contributed by atoms with E-state index in [2.05, 4.69) is 13.2 Å². The highest BCUT2D eigenvalue weighted by Crippen LogP contribution is 2.20. The summed E-state index contributed by atoms with van der Waals surface area (Å²) in [4.78, 5) is 0.241. The standard InChI is InChI=1S/C14H17NO2S/c1-5-7-13(4)15(6-2)18(16,17)14-10-8-12(3)9-11-14/h5-11H,1-2H2,3-4H3/b13-7+. The van der Waals surface area contributed by atoms with Crippen molar-refractivity contribution < 1.29 is 8.42 Å². The lowest BCUT2D eigenvalue weighted by Crippen LogP contribution is -2.24. The van der Waals surface area contributed by atoms with E-state index in [1.54, 1.807) is 37.3 Å². The third kappa shape index (κ3) is 2.90. The smallest absolute Gasteiger partial charge is 0.247 e. The fourth-order valence-corrected chi connectivity index (χ4v) is 2.84. The van der Waals surface area contributed by atoms with Crippen LogP contribution in [-0.4, -0.2) is 12.7 Å². The Bertz CT molecular complexity index is 568. The lowest BCUT2D eigenvalue weighted by Gasteiger charge is -2.20. The van der Waals surface area contributed by atoms with Gasteiger partial charge in [-0.3, -0.25) is 0 Å². The van der Waals surface area contributed by atoms with Gasteiger partial charge in [0.15, 0.2) is 0 Å². The minimum absolute atomic E-state index is 0.241. The van der Waals surface area contributed by atoms with Gasteiger partial charge in [-0.05, 0) is 32.1 Å². The fourth-order valence-electron chi connectivity index (χ4n) is 1.50. The summed E-state index contributed by atoms with van der Waals surface area (Å²) in [7, 11) is -3.59. The maximum Gasteiger partial charge on any atom is 0.267 e. The van der Waals surface area contributed by atoms with E-state index in [0.717, 1.165) is 9.87 Å². The van der Waals surface area contributed by atoms with E-state index in [4.69, 9.17) is 0 Å². The molecular weight excluding hydrogens is 246 g/mol. The molecule has 0 aromatic heterocycles. The van der Waals surface area contributed by atoms with Gasteiger partial charge in [-0.15, -0.1) is 0 Å². The molecule has 1 rings (SSSR count). The summed E-state index contributed by atoms with van der Waals surface area (Å²) in [5, 5.41) is 0. The van der Waals surface area contributed by atoms with Crippen LogP contribution < -0.4 is 0 Å². The van der Waals surface area contributed by atoms with Crippen molar-refractivity contribution in [3.8, 4) is 0 Å². The van der Waals surface area contributed by atoms with Gasteiger partial charge in [-0.1, -0.05) is 36.9 Å². The maximum absolute atomic E-state index is 12.4. The van der Waals surface area contributed by atoms with Crippen molar-refractivity contribution in [2.45, 2.75) is 18.7 Å². The van der Waals surface area contributed by atoms with Crippen LogP contribution in [0.1, 0.15) is 12.5 Å². The van der Waals surface area contributed by atoms with Crippen molar-refractivity contribution in [2.24, 2.45) is 0 Å². The zero-order chi connectivity index (χ0) is 13.8. The van der Waals surface area contributed by atoms with Crippen LogP contribution in [0.15, 0.2) is 66.4 Å². The second-order valence-corrected chi connectivity index (χ2v) is 5.66. The van der Waals surface area contributed by atoms with E-state index in [0.29, 0.717) is 5.70 Å². The first-order valence-electron chi connectivity index (χ1n) is 5.46. The van der Waals surface area contributed by atoms with Crippen molar-refractivity contribution in [3.05, 3.63) is 67.0 Å². The summed E-state index contributed by atoms with van der Waals surface area (Å²) >= 11 is 0. The fraction of sp³-hybridized carbons (Fsp3) is 0.143. The monoisotopic (exact) mass is 263 g/mol. The Morgan fingerprint density at radius 2 is 1.78 bits per heavy atom. The highest BCUT2D eigenvalue weighted by molar-refractivity contribution is 7.89. The van der Waals surface area contributed by atoms with E-state index >= 15 is 0 Å². The minimum atomic E-state index is -3.59. The molecule has 0 radical (unpaired) electrons. The molecule has 18 heavy (non-hydrogen) atoms. The molecule has 0 amide bonds. The second kappa shape index (κ2) is 5.69.